The van der Waals surface area contributed by atoms with Crippen molar-refractivity contribution in [2.24, 2.45) is 0 Å². The highest BCUT2D eigenvalue weighted by molar-refractivity contribution is 7.18. The van der Waals surface area contributed by atoms with E-state index in [4.69, 9.17) is 5.73 Å². The smallest absolute Gasteiger partial charge is 0.283 e. The Morgan fingerprint density at radius 3 is 2.70 bits per heavy atom. The summed E-state index contributed by atoms with van der Waals surface area (Å²) in [6, 6.07) is 7.09. The van der Waals surface area contributed by atoms with Gasteiger partial charge in [-0.3, -0.25) is 0 Å². The molecule has 0 bridgehead atoms. The Morgan fingerprint density at radius 2 is 2.05 bits per heavy atom. The molecule has 0 radical (unpaired) electrons. The fourth-order valence-corrected chi connectivity index (χ4v) is 2.24. The predicted octanol–water partition coefficient (Wildman–Crippen LogP) is 2.31. The Balaban J connectivity index is 1.98. The predicted molar refractivity (Wildman–Crippen MR) is 69.6 cm³/mol. The average Bonchev–Trinajstić information content (AvgIpc) is 3.07. The van der Waals surface area contributed by atoms with Crippen molar-refractivity contribution >= 4 is 16.5 Å². The largest absolute Gasteiger partial charge is 0.374 e. The second-order valence-corrected chi connectivity index (χ2v) is 4.89. The molecule has 9 heteroatoms. The molecular formula is C11H8F2N6S. The van der Waals surface area contributed by atoms with Gasteiger partial charge in [0.05, 0.1) is 11.9 Å². The third kappa shape index (κ3) is 2.35. The highest BCUT2D eigenvalue weighted by atomic mass is 32.1. The summed E-state index contributed by atoms with van der Waals surface area (Å²) in [7, 11) is 0. The van der Waals surface area contributed by atoms with E-state index < -0.39 is 6.43 Å². The third-order valence-electron chi connectivity index (χ3n) is 2.53. The first-order valence-electron chi connectivity index (χ1n) is 5.53. The van der Waals surface area contributed by atoms with E-state index in [1.165, 1.54) is 22.2 Å². The summed E-state index contributed by atoms with van der Waals surface area (Å²) in [5.41, 5.74) is 6.56. The van der Waals surface area contributed by atoms with Crippen LogP contribution in [0.25, 0.3) is 16.3 Å². The summed E-state index contributed by atoms with van der Waals surface area (Å²) in [5.74, 6) is 0. The number of nitrogens with zero attached hydrogens (tertiary/aromatic N) is 5. The van der Waals surface area contributed by atoms with Crippen LogP contribution in [0, 0.1) is 0 Å². The van der Waals surface area contributed by atoms with Gasteiger partial charge in [-0.05, 0) is 12.1 Å². The maximum absolute atomic E-state index is 12.5. The number of anilines is 1. The molecule has 3 aromatic rings. The average molecular weight is 294 g/mol. The summed E-state index contributed by atoms with van der Waals surface area (Å²) >= 11 is 1.25. The van der Waals surface area contributed by atoms with Crippen LogP contribution in [0.15, 0.2) is 30.5 Å². The maximum atomic E-state index is 12.5. The van der Waals surface area contributed by atoms with Crippen LogP contribution in [0.5, 0.6) is 0 Å². The van der Waals surface area contributed by atoms with Gasteiger partial charge in [0, 0.05) is 5.56 Å². The third-order valence-corrected chi connectivity index (χ3v) is 3.33. The molecule has 0 saturated heterocycles. The van der Waals surface area contributed by atoms with Crippen LogP contribution in [0.2, 0.25) is 0 Å². The number of hydrogen-bond acceptors (Lipinski definition) is 6. The topological polar surface area (TPSA) is 82.5 Å². The molecule has 2 N–H and O–H groups in total. The molecule has 0 fully saturated rings. The monoisotopic (exact) mass is 294 g/mol. The normalized spacial score (nSPS) is 11.2. The number of hydrogen-bond donors (Lipinski definition) is 1. The quantitative estimate of drug-likeness (QED) is 0.801. The molecule has 2 heterocycles. The summed E-state index contributed by atoms with van der Waals surface area (Å²) in [6.07, 6.45) is -1.45. The first-order chi connectivity index (χ1) is 9.63. The van der Waals surface area contributed by atoms with Gasteiger partial charge in [-0.1, -0.05) is 28.7 Å². The Morgan fingerprint density at radius 1 is 1.20 bits per heavy atom. The fourth-order valence-electron chi connectivity index (χ4n) is 1.64. The second kappa shape index (κ2) is 4.93. The molecule has 0 saturated carbocycles. The molecule has 102 valence electrons. The Bertz CT molecular complexity index is 738. The standard InChI is InChI=1S/C11H8F2N6S/c12-9(13)8-5-19(18-15-8)7-3-1-2-6(4-7)10-16-17-11(14)20-10/h1-5,9H,(H2,14,17). The van der Waals surface area contributed by atoms with E-state index in [1.54, 1.807) is 18.2 Å². The van der Waals surface area contributed by atoms with Gasteiger partial charge in [-0.25, -0.2) is 13.5 Å². The lowest BCUT2D eigenvalue weighted by molar-refractivity contribution is 0.146. The number of benzene rings is 1. The zero-order chi connectivity index (χ0) is 14.1. The van der Waals surface area contributed by atoms with Crippen LogP contribution < -0.4 is 5.73 Å². The molecule has 0 amide bonds. The molecule has 3 rings (SSSR count). The van der Waals surface area contributed by atoms with E-state index in [0.717, 1.165) is 5.56 Å². The second-order valence-electron chi connectivity index (χ2n) is 3.88. The van der Waals surface area contributed by atoms with E-state index in [9.17, 15) is 8.78 Å². The Hall–Kier alpha value is -2.42. The zero-order valence-corrected chi connectivity index (χ0v) is 10.8. The van der Waals surface area contributed by atoms with Crippen molar-refractivity contribution in [2.75, 3.05) is 5.73 Å². The molecule has 0 spiro atoms. The molecule has 1 aromatic carbocycles. The highest BCUT2D eigenvalue weighted by Gasteiger charge is 2.13. The van der Waals surface area contributed by atoms with Crippen LogP contribution in [-0.4, -0.2) is 25.2 Å². The molecule has 6 nitrogen and oxygen atoms in total. The van der Waals surface area contributed by atoms with Crippen molar-refractivity contribution in [3.63, 3.8) is 0 Å². The van der Waals surface area contributed by atoms with Crippen molar-refractivity contribution in [3.05, 3.63) is 36.2 Å². The van der Waals surface area contributed by atoms with Gasteiger partial charge < -0.3 is 5.73 Å². The lowest BCUT2D eigenvalue weighted by Gasteiger charge is -2.01. The number of rotatable bonds is 3. The van der Waals surface area contributed by atoms with Crippen molar-refractivity contribution < 1.29 is 8.78 Å². The van der Waals surface area contributed by atoms with Gasteiger partial charge >= 0.3 is 0 Å². The van der Waals surface area contributed by atoms with Crippen LogP contribution >= 0.6 is 11.3 Å². The number of nitrogen functional groups attached to an aromatic ring is 1. The first kappa shape index (κ1) is 12.6. The van der Waals surface area contributed by atoms with Crippen molar-refractivity contribution in [3.8, 4) is 16.3 Å². The summed E-state index contributed by atoms with van der Waals surface area (Å²) in [4.78, 5) is 0. The lowest BCUT2D eigenvalue weighted by atomic mass is 10.2. The minimum atomic E-state index is -2.64. The Kier molecular flexibility index (Phi) is 3.11. The van der Waals surface area contributed by atoms with E-state index >= 15 is 0 Å². The van der Waals surface area contributed by atoms with Crippen molar-refractivity contribution in [1.29, 1.82) is 0 Å². The number of halogens is 2. The molecule has 0 aliphatic heterocycles. The van der Waals surface area contributed by atoms with Gasteiger partial charge in [0.1, 0.15) is 10.7 Å². The van der Waals surface area contributed by atoms with Crippen LogP contribution in [-0.2, 0) is 0 Å². The minimum Gasteiger partial charge on any atom is -0.374 e. The summed E-state index contributed by atoms with van der Waals surface area (Å²) in [5, 5.41) is 15.8. The van der Waals surface area contributed by atoms with Crippen LogP contribution in [0.4, 0.5) is 13.9 Å². The lowest BCUT2D eigenvalue weighted by Crippen LogP contribution is -1.94. The number of alkyl halides is 2. The molecule has 0 unspecified atom stereocenters. The van der Waals surface area contributed by atoms with E-state index in [-0.39, 0.29) is 5.69 Å². The first-order valence-corrected chi connectivity index (χ1v) is 6.35. The van der Waals surface area contributed by atoms with Crippen LogP contribution in [0.1, 0.15) is 12.1 Å². The zero-order valence-electron chi connectivity index (χ0n) is 9.94. The van der Waals surface area contributed by atoms with Crippen molar-refractivity contribution in [2.45, 2.75) is 6.43 Å². The number of aromatic nitrogens is 5. The Labute approximate surface area is 115 Å². The van der Waals surface area contributed by atoms with E-state index in [1.807, 2.05) is 6.07 Å². The molecule has 0 aliphatic carbocycles. The van der Waals surface area contributed by atoms with Gasteiger partial charge in [0.15, 0.2) is 0 Å². The number of nitrogens with two attached hydrogens (primary N) is 1. The fraction of sp³-hybridized carbons (Fsp3) is 0.0909. The van der Waals surface area contributed by atoms with E-state index in [2.05, 4.69) is 20.5 Å². The van der Waals surface area contributed by atoms with Gasteiger partial charge in [-0.2, -0.15) is 0 Å². The molecule has 2 aromatic heterocycles. The van der Waals surface area contributed by atoms with Gasteiger partial charge in [-0.15, -0.1) is 15.3 Å². The van der Waals surface area contributed by atoms with Gasteiger partial charge in [0.25, 0.3) is 6.43 Å². The van der Waals surface area contributed by atoms with Gasteiger partial charge in [0.2, 0.25) is 5.13 Å². The summed E-state index contributed by atoms with van der Waals surface area (Å²) in [6.45, 7) is 0. The van der Waals surface area contributed by atoms with Crippen LogP contribution in [0.3, 0.4) is 0 Å². The molecule has 0 atom stereocenters. The molecular weight excluding hydrogens is 286 g/mol. The minimum absolute atomic E-state index is 0.365. The van der Waals surface area contributed by atoms with Crippen molar-refractivity contribution in [1.82, 2.24) is 25.2 Å². The SMILES string of the molecule is Nc1nnc(-c2cccc(-n3cc(C(F)F)nn3)c2)s1. The maximum Gasteiger partial charge on any atom is 0.283 e. The van der Waals surface area contributed by atoms with E-state index in [0.29, 0.717) is 15.8 Å². The highest BCUT2D eigenvalue weighted by Crippen LogP contribution is 2.26. The molecule has 20 heavy (non-hydrogen) atoms. The summed E-state index contributed by atoms with van der Waals surface area (Å²) < 4.78 is 26.3. The molecule has 0 aliphatic rings.